The first-order valence-corrected chi connectivity index (χ1v) is 7.83. The number of halogens is 3. The lowest BCUT2D eigenvalue weighted by atomic mass is 10.1. The Hall–Kier alpha value is -1.39. The zero-order chi connectivity index (χ0) is 15.0. The molecule has 0 spiro atoms. The Morgan fingerprint density at radius 2 is 2.05 bits per heavy atom. The second kappa shape index (κ2) is 5.78. The lowest BCUT2D eigenvalue weighted by Gasteiger charge is -2.18. The van der Waals surface area contributed by atoms with E-state index in [1.807, 2.05) is 18.2 Å². The highest BCUT2D eigenvalue weighted by atomic mass is 79.9. The lowest BCUT2D eigenvalue weighted by molar-refractivity contribution is 0.0938. The highest BCUT2D eigenvalue weighted by Gasteiger charge is 2.31. The highest BCUT2D eigenvalue weighted by Crippen LogP contribution is 2.35. The molecule has 2 atom stereocenters. The molecule has 0 aromatic heterocycles. The van der Waals surface area contributed by atoms with Gasteiger partial charge in [0.1, 0.15) is 5.82 Å². The first-order chi connectivity index (χ1) is 10.1. The van der Waals surface area contributed by atoms with Crippen molar-refractivity contribution in [1.29, 1.82) is 0 Å². The van der Waals surface area contributed by atoms with E-state index in [1.54, 1.807) is 0 Å². The molecular weight excluding hydrogens is 357 g/mol. The summed E-state index contributed by atoms with van der Waals surface area (Å²) >= 11 is 9.33. The van der Waals surface area contributed by atoms with Crippen LogP contribution in [-0.2, 0) is 6.42 Å². The first kappa shape index (κ1) is 14.5. The molecule has 21 heavy (non-hydrogen) atoms. The standard InChI is InChI=1S/C16H12BrClFNO/c17-12-7-9-3-1-2-4-11(9)15(12)20-16(21)10-5-6-14(19)13(18)8-10/h1-6,8,12,15H,7H2,(H,20,21). The second-order valence-corrected chi connectivity index (χ2v) is 6.58. The van der Waals surface area contributed by atoms with Crippen LogP contribution in [0.1, 0.15) is 27.5 Å². The molecule has 108 valence electrons. The molecule has 0 heterocycles. The van der Waals surface area contributed by atoms with Crippen molar-refractivity contribution in [3.8, 4) is 0 Å². The van der Waals surface area contributed by atoms with Crippen LogP contribution in [0.3, 0.4) is 0 Å². The fourth-order valence-corrected chi connectivity index (χ4v) is 3.52. The maximum Gasteiger partial charge on any atom is 0.251 e. The normalized spacial score (nSPS) is 20.1. The first-order valence-electron chi connectivity index (χ1n) is 6.54. The van der Waals surface area contributed by atoms with Crippen LogP contribution in [0.5, 0.6) is 0 Å². The fraction of sp³-hybridized carbons (Fsp3) is 0.188. The minimum Gasteiger partial charge on any atom is -0.344 e. The minimum atomic E-state index is -0.530. The van der Waals surface area contributed by atoms with Crippen molar-refractivity contribution in [3.05, 3.63) is 70.0 Å². The average molecular weight is 369 g/mol. The van der Waals surface area contributed by atoms with Gasteiger partial charge in [0, 0.05) is 10.4 Å². The van der Waals surface area contributed by atoms with Gasteiger partial charge in [0.25, 0.3) is 5.91 Å². The molecule has 2 aromatic rings. The number of hydrogen-bond acceptors (Lipinski definition) is 1. The van der Waals surface area contributed by atoms with Gasteiger partial charge in [0.2, 0.25) is 0 Å². The molecule has 0 saturated carbocycles. The molecule has 3 rings (SSSR count). The third kappa shape index (κ3) is 2.83. The van der Waals surface area contributed by atoms with Gasteiger partial charge in [-0.2, -0.15) is 0 Å². The van der Waals surface area contributed by atoms with Crippen molar-refractivity contribution in [3.63, 3.8) is 0 Å². The predicted molar refractivity (Wildman–Crippen MR) is 84.5 cm³/mol. The second-order valence-electron chi connectivity index (χ2n) is 5.00. The van der Waals surface area contributed by atoms with Gasteiger partial charge < -0.3 is 5.32 Å². The minimum absolute atomic E-state index is 0.0511. The lowest BCUT2D eigenvalue weighted by Crippen LogP contribution is -2.31. The van der Waals surface area contributed by atoms with E-state index in [2.05, 4.69) is 27.3 Å². The maximum atomic E-state index is 13.2. The Balaban J connectivity index is 1.83. The number of rotatable bonds is 2. The number of fused-ring (bicyclic) bond motifs is 1. The number of carbonyl (C=O) groups is 1. The summed E-state index contributed by atoms with van der Waals surface area (Å²) in [5.74, 6) is -0.791. The molecule has 2 nitrogen and oxygen atoms in total. The van der Waals surface area contributed by atoms with Crippen LogP contribution < -0.4 is 5.32 Å². The van der Waals surface area contributed by atoms with Gasteiger partial charge >= 0.3 is 0 Å². The third-order valence-electron chi connectivity index (χ3n) is 3.64. The monoisotopic (exact) mass is 367 g/mol. The van der Waals surface area contributed by atoms with E-state index in [0.717, 1.165) is 12.0 Å². The van der Waals surface area contributed by atoms with Gasteiger partial charge in [-0.25, -0.2) is 4.39 Å². The Morgan fingerprint density at radius 1 is 1.29 bits per heavy atom. The van der Waals surface area contributed by atoms with E-state index in [0.29, 0.717) is 5.56 Å². The van der Waals surface area contributed by atoms with Crippen molar-refractivity contribution in [2.45, 2.75) is 17.3 Å². The van der Waals surface area contributed by atoms with Gasteiger partial charge in [0.05, 0.1) is 11.1 Å². The molecule has 0 radical (unpaired) electrons. The summed E-state index contributed by atoms with van der Waals surface area (Å²) in [5.41, 5.74) is 2.69. The summed E-state index contributed by atoms with van der Waals surface area (Å²) in [5, 5.41) is 2.93. The number of benzene rings is 2. The largest absolute Gasteiger partial charge is 0.344 e. The average Bonchev–Trinajstić information content (AvgIpc) is 2.78. The molecule has 0 aliphatic heterocycles. The zero-order valence-corrected chi connectivity index (χ0v) is 13.3. The van der Waals surface area contributed by atoms with E-state index in [9.17, 15) is 9.18 Å². The number of alkyl halides is 1. The number of amides is 1. The van der Waals surface area contributed by atoms with E-state index in [1.165, 1.54) is 23.8 Å². The summed E-state index contributed by atoms with van der Waals surface area (Å²) in [6, 6.07) is 11.9. The van der Waals surface area contributed by atoms with Crippen molar-refractivity contribution < 1.29 is 9.18 Å². The van der Waals surface area contributed by atoms with E-state index in [-0.39, 0.29) is 21.8 Å². The smallest absolute Gasteiger partial charge is 0.251 e. The van der Waals surface area contributed by atoms with E-state index < -0.39 is 5.82 Å². The Kier molecular flexibility index (Phi) is 4.00. The van der Waals surface area contributed by atoms with Crippen molar-refractivity contribution >= 4 is 33.4 Å². The van der Waals surface area contributed by atoms with Crippen LogP contribution in [0.15, 0.2) is 42.5 Å². The number of hydrogen-bond donors (Lipinski definition) is 1. The molecule has 1 aliphatic rings. The molecule has 0 fully saturated rings. The molecule has 5 heteroatoms. The van der Waals surface area contributed by atoms with E-state index in [4.69, 9.17) is 11.6 Å². The van der Waals surface area contributed by atoms with Gasteiger partial charge in [-0.15, -0.1) is 0 Å². The van der Waals surface area contributed by atoms with Crippen LogP contribution >= 0.6 is 27.5 Å². The Labute approximate surface area is 135 Å². The Bertz CT molecular complexity index is 706. The van der Waals surface area contributed by atoms with Crippen LogP contribution in [0.2, 0.25) is 5.02 Å². The summed E-state index contributed by atoms with van der Waals surface area (Å²) in [6.07, 6.45) is 0.866. The van der Waals surface area contributed by atoms with Crippen molar-refractivity contribution in [2.75, 3.05) is 0 Å². The van der Waals surface area contributed by atoms with Crippen LogP contribution in [0.4, 0.5) is 4.39 Å². The molecule has 0 saturated heterocycles. The van der Waals surface area contributed by atoms with Gasteiger partial charge in [-0.3, -0.25) is 4.79 Å². The van der Waals surface area contributed by atoms with Crippen molar-refractivity contribution in [2.24, 2.45) is 0 Å². The van der Waals surface area contributed by atoms with Crippen LogP contribution in [-0.4, -0.2) is 10.7 Å². The van der Waals surface area contributed by atoms with Gasteiger partial charge in [0.15, 0.2) is 0 Å². The zero-order valence-electron chi connectivity index (χ0n) is 10.9. The van der Waals surface area contributed by atoms with Crippen LogP contribution in [0.25, 0.3) is 0 Å². The summed E-state index contributed by atoms with van der Waals surface area (Å²) < 4.78 is 13.2. The third-order valence-corrected chi connectivity index (χ3v) is 4.78. The molecule has 1 aliphatic carbocycles. The molecule has 1 N–H and O–H groups in total. The highest BCUT2D eigenvalue weighted by molar-refractivity contribution is 9.09. The molecule has 0 bridgehead atoms. The SMILES string of the molecule is O=C(NC1c2ccccc2CC1Br)c1ccc(F)c(Cl)c1. The van der Waals surface area contributed by atoms with Gasteiger partial charge in [-0.05, 0) is 35.7 Å². The maximum absolute atomic E-state index is 13.2. The van der Waals surface area contributed by atoms with Gasteiger partial charge in [-0.1, -0.05) is 51.8 Å². The molecule has 1 amide bonds. The topological polar surface area (TPSA) is 29.1 Å². The summed E-state index contributed by atoms with van der Waals surface area (Å²) in [6.45, 7) is 0. The number of nitrogens with one attached hydrogen (secondary N) is 1. The van der Waals surface area contributed by atoms with Crippen molar-refractivity contribution in [1.82, 2.24) is 5.32 Å². The Morgan fingerprint density at radius 3 is 2.81 bits per heavy atom. The molecule has 2 aromatic carbocycles. The molecule has 2 unspecified atom stereocenters. The predicted octanol–water partition coefficient (Wildman–Crippen LogP) is 4.27. The fourth-order valence-electron chi connectivity index (χ4n) is 2.58. The molecular formula is C16H12BrClFNO. The van der Waals surface area contributed by atoms with E-state index >= 15 is 0 Å². The quantitative estimate of drug-likeness (QED) is 0.788. The van der Waals surface area contributed by atoms with Crippen LogP contribution in [0, 0.1) is 5.82 Å². The summed E-state index contributed by atoms with van der Waals surface area (Å²) in [4.78, 5) is 12.5. The number of carbonyl (C=O) groups excluding carboxylic acids is 1. The summed E-state index contributed by atoms with van der Waals surface area (Å²) in [7, 11) is 0.